The number of aliphatic hydroxyl groups is 1. The van der Waals surface area contributed by atoms with Gasteiger partial charge in [-0.3, -0.25) is 9.69 Å². The molecule has 0 bridgehead atoms. The van der Waals surface area contributed by atoms with E-state index in [1.807, 2.05) is 4.90 Å². The molecule has 6 heteroatoms. The largest absolute Gasteiger partial charge is 0.392 e. The molecular formula is C17H23FN2O3. The first kappa shape index (κ1) is 16.4. The Morgan fingerprint density at radius 2 is 2.00 bits per heavy atom. The van der Waals surface area contributed by atoms with E-state index >= 15 is 0 Å². The average molecular weight is 322 g/mol. The van der Waals surface area contributed by atoms with E-state index in [-0.39, 0.29) is 30.4 Å². The Kier molecular flexibility index (Phi) is 5.25. The lowest BCUT2D eigenvalue weighted by Crippen LogP contribution is -2.44. The van der Waals surface area contributed by atoms with E-state index in [1.165, 1.54) is 12.1 Å². The molecule has 3 rings (SSSR count). The quantitative estimate of drug-likeness (QED) is 0.875. The summed E-state index contributed by atoms with van der Waals surface area (Å²) in [5.74, 6) is -0.311. The van der Waals surface area contributed by atoms with Crippen molar-refractivity contribution in [3.63, 3.8) is 0 Å². The van der Waals surface area contributed by atoms with Crippen LogP contribution in [0.15, 0.2) is 24.3 Å². The van der Waals surface area contributed by atoms with Gasteiger partial charge in [-0.15, -0.1) is 0 Å². The third-order valence-electron chi connectivity index (χ3n) is 4.57. The molecule has 2 aliphatic heterocycles. The van der Waals surface area contributed by atoms with Gasteiger partial charge in [0.25, 0.3) is 0 Å². The minimum Gasteiger partial charge on any atom is -0.392 e. The summed E-state index contributed by atoms with van der Waals surface area (Å²) in [6.45, 7) is 2.08. The number of β-amino-alcohol motifs (C(OH)–C–C–N with tert-alkyl or cyclic N) is 1. The molecule has 5 nitrogen and oxygen atoms in total. The Labute approximate surface area is 135 Å². The van der Waals surface area contributed by atoms with Gasteiger partial charge in [0, 0.05) is 31.8 Å². The molecule has 2 fully saturated rings. The van der Waals surface area contributed by atoms with Crippen molar-refractivity contribution >= 4 is 5.91 Å². The number of benzene rings is 1. The summed E-state index contributed by atoms with van der Waals surface area (Å²) in [6.07, 6.45) is 1.79. The third kappa shape index (κ3) is 4.28. The molecule has 0 saturated carbocycles. The van der Waals surface area contributed by atoms with Gasteiger partial charge in [-0.25, -0.2) is 4.39 Å². The minimum absolute atomic E-state index is 0.0295. The molecule has 1 aromatic carbocycles. The van der Waals surface area contributed by atoms with E-state index in [2.05, 4.69) is 5.32 Å². The maximum atomic E-state index is 13.1. The summed E-state index contributed by atoms with van der Waals surface area (Å²) in [6, 6.07) is 6.41. The van der Waals surface area contributed by atoms with Crippen LogP contribution in [0.3, 0.4) is 0 Å². The maximum absolute atomic E-state index is 13.1. The van der Waals surface area contributed by atoms with Crippen LogP contribution in [0.4, 0.5) is 4.39 Å². The van der Waals surface area contributed by atoms with Crippen LogP contribution in [0.1, 0.15) is 30.9 Å². The van der Waals surface area contributed by atoms with E-state index in [0.29, 0.717) is 26.2 Å². The molecule has 2 aliphatic rings. The van der Waals surface area contributed by atoms with Crippen LogP contribution in [0, 0.1) is 5.82 Å². The zero-order valence-corrected chi connectivity index (χ0v) is 13.1. The number of likely N-dealkylation sites (tertiary alicyclic amines) is 1. The topological polar surface area (TPSA) is 61.8 Å². The Morgan fingerprint density at radius 3 is 2.70 bits per heavy atom. The summed E-state index contributed by atoms with van der Waals surface area (Å²) < 4.78 is 18.4. The van der Waals surface area contributed by atoms with Crippen molar-refractivity contribution in [1.82, 2.24) is 10.2 Å². The molecule has 0 spiro atoms. The molecule has 2 atom stereocenters. The first-order chi connectivity index (χ1) is 11.1. The zero-order valence-electron chi connectivity index (χ0n) is 13.1. The second-order valence-corrected chi connectivity index (χ2v) is 6.34. The van der Waals surface area contributed by atoms with Gasteiger partial charge in [-0.1, -0.05) is 12.1 Å². The van der Waals surface area contributed by atoms with E-state index in [0.717, 1.165) is 18.4 Å². The Morgan fingerprint density at radius 1 is 1.30 bits per heavy atom. The number of carbonyl (C=O) groups excluding carboxylic acids is 1. The second-order valence-electron chi connectivity index (χ2n) is 6.34. The Balaban J connectivity index is 1.60. The monoisotopic (exact) mass is 322 g/mol. The molecule has 2 N–H and O–H groups in total. The number of halogens is 1. The lowest BCUT2D eigenvalue weighted by atomic mass is 10.0. The summed E-state index contributed by atoms with van der Waals surface area (Å²) >= 11 is 0. The van der Waals surface area contributed by atoms with Crippen LogP contribution in [-0.2, 0) is 9.53 Å². The standard InChI is InChI=1S/C17H23FN2O3/c18-13-3-1-12(2-4-13)16-9-15(21)10-20(16)11-17(22)19-14-5-7-23-8-6-14/h1-4,14-16,21H,5-11H2,(H,19,22)/t15-,16+/m1/s1. The van der Waals surface area contributed by atoms with E-state index in [9.17, 15) is 14.3 Å². The van der Waals surface area contributed by atoms with Crippen LogP contribution >= 0.6 is 0 Å². The second kappa shape index (κ2) is 7.38. The zero-order chi connectivity index (χ0) is 16.2. The molecular weight excluding hydrogens is 299 g/mol. The number of amides is 1. The predicted octanol–water partition coefficient (Wildman–Crippen LogP) is 1.23. The number of hydrogen-bond acceptors (Lipinski definition) is 4. The number of ether oxygens (including phenoxy) is 1. The van der Waals surface area contributed by atoms with Gasteiger partial charge in [0.15, 0.2) is 0 Å². The SMILES string of the molecule is O=C(CN1C[C@H](O)C[C@H]1c1ccc(F)cc1)NC1CCOCC1. The van der Waals surface area contributed by atoms with Crippen molar-refractivity contribution in [2.24, 2.45) is 0 Å². The highest BCUT2D eigenvalue weighted by atomic mass is 19.1. The van der Waals surface area contributed by atoms with Gasteiger partial charge in [0.2, 0.25) is 5.91 Å². The molecule has 0 radical (unpaired) electrons. The molecule has 1 aromatic rings. The van der Waals surface area contributed by atoms with Crippen LogP contribution < -0.4 is 5.32 Å². The number of nitrogens with one attached hydrogen (secondary N) is 1. The number of hydrogen-bond donors (Lipinski definition) is 2. The lowest BCUT2D eigenvalue weighted by Gasteiger charge is -2.27. The summed E-state index contributed by atoms with van der Waals surface area (Å²) in [4.78, 5) is 14.2. The van der Waals surface area contributed by atoms with Crippen molar-refractivity contribution in [3.05, 3.63) is 35.6 Å². The first-order valence-corrected chi connectivity index (χ1v) is 8.16. The van der Waals surface area contributed by atoms with E-state index in [1.54, 1.807) is 12.1 Å². The van der Waals surface area contributed by atoms with Gasteiger partial charge >= 0.3 is 0 Å². The lowest BCUT2D eigenvalue weighted by molar-refractivity contribution is -0.123. The number of carbonyl (C=O) groups is 1. The molecule has 0 aliphatic carbocycles. The molecule has 0 unspecified atom stereocenters. The normalized spacial score (nSPS) is 26.3. The van der Waals surface area contributed by atoms with E-state index in [4.69, 9.17) is 4.74 Å². The van der Waals surface area contributed by atoms with Crippen molar-refractivity contribution in [2.45, 2.75) is 37.5 Å². The van der Waals surface area contributed by atoms with Gasteiger partial charge in [0.1, 0.15) is 5.82 Å². The highest BCUT2D eigenvalue weighted by Gasteiger charge is 2.33. The van der Waals surface area contributed by atoms with Crippen molar-refractivity contribution < 1.29 is 19.0 Å². The van der Waals surface area contributed by atoms with Crippen molar-refractivity contribution in [1.29, 1.82) is 0 Å². The molecule has 0 aromatic heterocycles. The van der Waals surface area contributed by atoms with Gasteiger partial charge in [-0.05, 0) is 37.0 Å². The summed E-state index contributed by atoms with van der Waals surface area (Å²) in [5.41, 5.74) is 0.932. The fourth-order valence-corrected chi connectivity index (χ4v) is 3.39. The summed E-state index contributed by atoms with van der Waals surface area (Å²) in [7, 11) is 0. The first-order valence-electron chi connectivity index (χ1n) is 8.16. The highest BCUT2D eigenvalue weighted by Crippen LogP contribution is 2.31. The number of nitrogens with zero attached hydrogens (tertiary/aromatic N) is 1. The average Bonchev–Trinajstić information content (AvgIpc) is 2.89. The maximum Gasteiger partial charge on any atom is 0.234 e. The van der Waals surface area contributed by atoms with Crippen molar-refractivity contribution in [3.8, 4) is 0 Å². The van der Waals surface area contributed by atoms with Crippen LogP contribution in [0.5, 0.6) is 0 Å². The van der Waals surface area contributed by atoms with Gasteiger partial charge in [-0.2, -0.15) is 0 Å². The fourth-order valence-electron chi connectivity index (χ4n) is 3.39. The Bertz CT molecular complexity index is 531. The fraction of sp³-hybridized carbons (Fsp3) is 0.588. The van der Waals surface area contributed by atoms with E-state index < -0.39 is 6.10 Å². The summed E-state index contributed by atoms with van der Waals surface area (Å²) in [5, 5.41) is 13.0. The molecule has 1 amide bonds. The van der Waals surface area contributed by atoms with Crippen LogP contribution in [0.25, 0.3) is 0 Å². The number of rotatable bonds is 4. The smallest absolute Gasteiger partial charge is 0.234 e. The predicted molar refractivity (Wildman–Crippen MR) is 83.3 cm³/mol. The molecule has 23 heavy (non-hydrogen) atoms. The molecule has 126 valence electrons. The third-order valence-corrected chi connectivity index (χ3v) is 4.57. The van der Waals surface area contributed by atoms with Crippen molar-refractivity contribution in [2.75, 3.05) is 26.3 Å². The van der Waals surface area contributed by atoms with Gasteiger partial charge < -0.3 is 15.2 Å². The number of aliphatic hydroxyl groups excluding tert-OH is 1. The Hall–Kier alpha value is -1.50. The van der Waals surface area contributed by atoms with Crippen LogP contribution in [0.2, 0.25) is 0 Å². The van der Waals surface area contributed by atoms with Crippen LogP contribution in [-0.4, -0.2) is 54.4 Å². The highest BCUT2D eigenvalue weighted by molar-refractivity contribution is 5.78. The molecule has 2 heterocycles. The minimum atomic E-state index is -0.457. The van der Waals surface area contributed by atoms with Gasteiger partial charge in [0.05, 0.1) is 12.6 Å². The molecule has 2 saturated heterocycles.